The molecular formula is C29H28. The summed E-state index contributed by atoms with van der Waals surface area (Å²) in [5.74, 6) is 1.41. The summed E-state index contributed by atoms with van der Waals surface area (Å²) < 4.78 is 0. The number of benzene rings is 3. The molecule has 3 aliphatic rings. The van der Waals surface area contributed by atoms with Crippen molar-refractivity contribution in [1.29, 1.82) is 0 Å². The van der Waals surface area contributed by atoms with Crippen molar-refractivity contribution >= 4 is 5.57 Å². The molecule has 0 bridgehead atoms. The Kier molecular flexibility index (Phi) is 4.01. The van der Waals surface area contributed by atoms with E-state index in [2.05, 4.69) is 84.9 Å². The molecule has 0 heteroatoms. The van der Waals surface area contributed by atoms with Gasteiger partial charge < -0.3 is 0 Å². The van der Waals surface area contributed by atoms with Gasteiger partial charge in [0.1, 0.15) is 0 Å². The van der Waals surface area contributed by atoms with E-state index in [-0.39, 0.29) is 0 Å². The molecule has 1 spiro atoms. The topological polar surface area (TPSA) is 0 Å². The third-order valence-corrected chi connectivity index (χ3v) is 7.92. The van der Waals surface area contributed by atoms with Crippen LogP contribution in [-0.4, -0.2) is 0 Å². The predicted octanol–water partition coefficient (Wildman–Crippen LogP) is 7.66. The molecule has 3 aliphatic carbocycles. The number of hydrogen-bond donors (Lipinski definition) is 0. The van der Waals surface area contributed by atoms with E-state index in [1.807, 2.05) is 0 Å². The first kappa shape index (κ1) is 17.3. The van der Waals surface area contributed by atoms with Gasteiger partial charge in [0.15, 0.2) is 0 Å². The van der Waals surface area contributed by atoms with Gasteiger partial charge in [-0.1, -0.05) is 97.8 Å². The first-order valence-corrected chi connectivity index (χ1v) is 11.3. The van der Waals surface area contributed by atoms with Crippen LogP contribution in [0.1, 0.15) is 54.7 Å². The van der Waals surface area contributed by atoms with Gasteiger partial charge in [0.2, 0.25) is 0 Å². The van der Waals surface area contributed by atoms with Gasteiger partial charge in [-0.15, -0.1) is 0 Å². The van der Waals surface area contributed by atoms with Crippen molar-refractivity contribution in [2.75, 3.05) is 0 Å². The zero-order chi connectivity index (χ0) is 19.3. The summed E-state index contributed by atoms with van der Waals surface area (Å²) >= 11 is 0. The van der Waals surface area contributed by atoms with Gasteiger partial charge in [-0.3, -0.25) is 0 Å². The molecule has 1 unspecified atom stereocenters. The third-order valence-electron chi connectivity index (χ3n) is 7.92. The van der Waals surface area contributed by atoms with Crippen molar-refractivity contribution in [2.45, 2.75) is 44.4 Å². The Balaban J connectivity index is 1.36. The third kappa shape index (κ3) is 2.81. The lowest BCUT2D eigenvalue weighted by molar-refractivity contribution is 0.167. The van der Waals surface area contributed by atoms with Gasteiger partial charge in [0, 0.05) is 0 Å². The highest BCUT2D eigenvalue weighted by Gasteiger charge is 2.50. The quantitative estimate of drug-likeness (QED) is 0.431. The van der Waals surface area contributed by atoms with Crippen molar-refractivity contribution in [1.82, 2.24) is 0 Å². The van der Waals surface area contributed by atoms with Crippen LogP contribution in [0.15, 0.2) is 84.9 Å². The average Bonchev–Trinajstić information content (AvgIpc) is 3.43. The Morgan fingerprint density at radius 2 is 1.31 bits per heavy atom. The molecule has 0 N–H and O–H groups in total. The molecule has 1 fully saturated rings. The minimum Gasteiger partial charge on any atom is -0.0764 e. The van der Waals surface area contributed by atoms with E-state index in [4.69, 9.17) is 0 Å². The highest BCUT2D eigenvalue weighted by molar-refractivity contribution is 5.73. The summed E-state index contributed by atoms with van der Waals surface area (Å²) in [6.07, 6.45) is 10.8. The van der Waals surface area contributed by atoms with Crippen molar-refractivity contribution in [3.63, 3.8) is 0 Å². The number of fused-ring (bicyclic) bond motifs is 4. The molecule has 144 valence electrons. The maximum absolute atomic E-state index is 2.68. The SMILES string of the molecule is C1=C(c2ccc(-c3ccccc3)cc2)C[C@H]2c3ccccc3CC3(CCCC3)C12. The van der Waals surface area contributed by atoms with Crippen molar-refractivity contribution < 1.29 is 0 Å². The van der Waals surface area contributed by atoms with E-state index in [9.17, 15) is 0 Å². The van der Waals surface area contributed by atoms with Crippen LogP contribution in [0.2, 0.25) is 0 Å². The Hall–Kier alpha value is -2.60. The second kappa shape index (κ2) is 6.73. The lowest BCUT2D eigenvalue weighted by Crippen LogP contribution is -2.36. The fraction of sp³-hybridized carbons (Fsp3) is 0.310. The number of allylic oxidation sites excluding steroid dienone is 2. The second-order valence-electron chi connectivity index (χ2n) is 9.42. The van der Waals surface area contributed by atoms with Crippen LogP contribution in [0.5, 0.6) is 0 Å². The molecule has 2 atom stereocenters. The Labute approximate surface area is 174 Å². The van der Waals surface area contributed by atoms with Gasteiger partial charge in [0.05, 0.1) is 0 Å². The maximum atomic E-state index is 2.68. The fourth-order valence-electron chi connectivity index (χ4n) is 6.54. The van der Waals surface area contributed by atoms with Gasteiger partial charge in [-0.25, -0.2) is 0 Å². The highest BCUT2D eigenvalue weighted by Crippen LogP contribution is 2.61. The van der Waals surface area contributed by atoms with Crippen molar-refractivity contribution in [3.05, 3.63) is 102 Å². The fourth-order valence-corrected chi connectivity index (χ4v) is 6.54. The van der Waals surface area contributed by atoms with E-state index in [0.29, 0.717) is 11.3 Å². The van der Waals surface area contributed by atoms with Crippen LogP contribution in [-0.2, 0) is 6.42 Å². The minimum absolute atomic E-state index is 0.519. The zero-order valence-corrected chi connectivity index (χ0v) is 17.0. The molecule has 3 aromatic rings. The molecule has 6 rings (SSSR count). The normalized spacial score (nSPS) is 24.2. The largest absolute Gasteiger partial charge is 0.0764 e. The first-order valence-electron chi connectivity index (χ1n) is 11.3. The second-order valence-corrected chi connectivity index (χ2v) is 9.42. The predicted molar refractivity (Wildman–Crippen MR) is 122 cm³/mol. The minimum atomic E-state index is 0.519. The van der Waals surface area contributed by atoms with Crippen molar-refractivity contribution in [2.24, 2.45) is 11.3 Å². The molecule has 0 aromatic heterocycles. The smallest absolute Gasteiger partial charge is 0.00501 e. The maximum Gasteiger partial charge on any atom is -0.00501 e. The van der Waals surface area contributed by atoms with Crippen LogP contribution in [0.3, 0.4) is 0 Å². The molecule has 0 radical (unpaired) electrons. The average molecular weight is 377 g/mol. The monoisotopic (exact) mass is 376 g/mol. The van der Waals surface area contributed by atoms with E-state index in [0.717, 1.165) is 5.92 Å². The molecule has 1 saturated carbocycles. The standard InChI is InChI=1S/C29H28/c1-2-8-21(9-3-1)22-12-14-23(15-13-22)25-18-27-26-11-5-4-10-24(26)20-29(28(27)19-25)16-6-7-17-29/h1-5,8-15,19,27-28H,6-7,16-18,20H2/t27-,28?/m0/s1. The van der Waals surface area contributed by atoms with Crippen LogP contribution in [0, 0.1) is 11.3 Å². The zero-order valence-electron chi connectivity index (χ0n) is 17.0. The summed E-state index contributed by atoms with van der Waals surface area (Å²) in [5.41, 5.74) is 9.37. The van der Waals surface area contributed by atoms with Gasteiger partial charge in [-0.05, 0) is 76.3 Å². The lowest BCUT2D eigenvalue weighted by atomic mass is 9.60. The molecule has 0 saturated heterocycles. The Morgan fingerprint density at radius 1 is 0.655 bits per heavy atom. The molecular weight excluding hydrogens is 348 g/mol. The van der Waals surface area contributed by atoms with Crippen LogP contribution in [0.25, 0.3) is 16.7 Å². The molecule has 0 nitrogen and oxygen atoms in total. The first-order chi connectivity index (χ1) is 14.3. The Morgan fingerprint density at radius 3 is 2.10 bits per heavy atom. The summed E-state index contributed by atoms with van der Waals surface area (Å²) in [5, 5.41) is 0. The number of hydrogen-bond acceptors (Lipinski definition) is 0. The van der Waals surface area contributed by atoms with E-state index >= 15 is 0 Å². The van der Waals surface area contributed by atoms with Gasteiger partial charge in [-0.2, -0.15) is 0 Å². The van der Waals surface area contributed by atoms with E-state index < -0.39 is 0 Å². The van der Waals surface area contributed by atoms with E-state index in [1.165, 1.54) is 55.2 Å². The van der Waals surface area contributed by atoms with Gasteiger partial charge >= 0.3 is 0 Å². The summed E-state index contributed by atoms with van der Waals surface area (Å²) in [6.45, 7) is 0. The lowest BCUT2D eigenvalue weighted by Gasteiger charge is -2.44. The van der Waals surface area contributed by atoms with Crippen LogP contribution >= 0.6 is 0 Å². The summed E-state index contributed by atoms with van der Waals surface area (Å²) in [7, 11) is 0. The molecule has 29 heavy (non-hydrogen) atoms. The summed E-state index contributed by atoms with van der Waals surface area (Å²) in [6, 6.07) is 29.3. The van der Waals surface area contributed by atoms with Crippen LogP contribution < -0.4 is 0 Å². The van der Waals surface area contributed by atoms with E-state index in [1.54, 1.807) is 16.7 Å². The summed E-state index contributed by atoms with van der Waals surface area (Å²) in [4.78, 5) is 0. The molecule has 0 amide bonds. The van der Waals surface area contributed by atoms with Crippen LogP contribution in [0.4, 0.5) is 0 Å². The molecule has 0 heterocycles. The molecule has 0 aliphatic heterocycles. The molecule has 3 aromatic carbocycles. The number of rotatable bonds is 2. The van der Waals surface area contributed by atoms with Gasteiger partial charge in [0.25, 0.3) is 0 Å². The highest BCUT2D eigenvalue weighted by atomic mass is 14.5. The van der Waals surface area contributed by atoms with Crippen molar-refractivity contribution in [3.8, 4) is 11.1 Å². The Bertz CT molecular complexity index is 1050.